The molecule has 0 aliphatic rings. The number of hydrogen-bond acceptors (Lipinski definition) is 5. The van der Waals surface area contributed by atoms with Gasteiger partial charge in [-0.1, -0.05) is 91.0 Å². The van der Waals surface area contributed by atoms with E-state index in [4.69, 9.17) is 14.5 Å². The van der Waals surface area contributed by atoms with Crippen molar-refractivity contribution >= 4 is 17.5 Å². The Bertz CT molecular complexity index is 1380. The van der Waals surface area contributed by atoms with Gasteiger partial charge in [-0.05, 0) is 50.6 Å². The quantitative estimate of drug-likeness (QED) is 0.122. The molecule has 204 valence electrons. The Labute approximate surface area is 236 Å². The highest BCUT2D eigenvalue weighted by atomic mass is 16.6. The number of Topliss-reactive ketones (excluding diaryl/α,β-unsaturated/α-hetero) is 1. The lowest BCUT2D eigenvalue weighted by molar-refractivity contribution is -0.156. The van der Waals surface area contributed by atoms with E-state index in [9.17, 15) is 9.59 Å². The van der Waals surface area contributed by atoms with Crippen molar-refractivity contribution in [2.45, 2.75) is 44.8 Å². The summed E-state index contributed by atoms with van der Waals surface area (Å²) in [6, 6.07) is 35.2. The molecule has 5 heteroatoms. The Balaban J connectivity index is 1.86. The van der Waals surface area contributed by atoms with Gasteiger partial charge in [0.1, 0.15) is 11.4 Å². The fourth-order valence-corrected chi connectivity index (χ4v) is 4.52. The first-order valence-corrected chi connectivity index (χ1v) is 13.4. The summed E-state index contributed by atoms with van der Waals surface area (Å²) in [7, 11) is 1.59. The van der Waals surface area contributed by atoms with Crippen molar-refractivity contribution in [3.05, 3.63) is 138 Å². The Morgan fingerprint density at radius 3 is 1.68 bits per heavy atom. The molecule has 0 unspecified atom stereocenters. The summed E-state index contributed by atoms with van der Waals surface area (Å²) >= 11 is 0. The molecule has 0 radical (unpaired) electrons. The summed E-state index contributed by atoms with van der Waals surface area (Å²) in [4.78, 5) is 32.7. The zero-order chi connectivity index (χ0) is 28.5. The number of carbonyl (C=O) groups excluding carboxylic acids is 2. The topological polar surface area (TPSA) is 65.0 Å². The second-order valence-electron chi connectivity index (χ2n) is 10.6. The fraction of sp³-hybridized carbons (Fsp3) is 0.229. The zero-order valence-corrected chi connectivity index (χ0v) is 23.4. The molecule has 5 nitrogen and oxygen atoms in total. The average Bonchev–Trinajstić information content (AvgIpc) is 2.97. The minimum absolute atomic E-state index is 0.0701. The highest BCUT2D eigenvalue weighted by molar-refractivity contribution is 6.13. The number of nitrogens with zero attached hydrogens (tertiary/aromatic N) is 1. The van der Waals surface area contributed by atoms with Gasteiger partial charge in [0.15, 0.2) is 11.8 Å². The van der Waals surface area contributed by atoms with Crippen LogP contribution >= 0.6 is 0 Å². The summed E-state index contributed by atoms with van der Waals surface area (Å²) < 4.78 is 11.2. The number of aliphatic imine (C=N–C) groups is 1. The number of methoxy groups -OCH3 is 1. The molecule has 40 heavy (non-hydrogen) atoms. The third-order valence-corrected chi connectivity index (χ3v) is 6.44. The molecular formula is C35H35NO4. The molecule has 0 heterocycles. The minimum atomic E-state index is -0.973. The van der Waals surface area contributed by atoms with Gasteiger partial charge in [0.2, 0.25) is 0 Å². The first kappa shape index (κ1) is 28.5. The number of carbonyl (C=O) groups is 2. The van der Waals surface area contributed by atoms with Gasteiger partial charge in [0, 0.05) is 29.0 Å². The van der Waals surface area contributed by atoms with Gasteiger partial charge >= 0.3 is 5.97 Å². The van der Waals surface area contributed by atoms with Crippen LogP contribution < -0.4 is 4.74 Å². The van der Waals surface area contributed by atoms with E-state index in [0.717, 1.165) is 16.7 Å². The molecular weight excluding hydrogens is 498 g/mol. The van der Waals surface area contributed by atoms with Gasteiger partial charge in [-0.3, -0.25) is 9.79 Å². The number of ether oxygens (including phenoxy) is 2. The summed E-state index contributed by atoms with van der Waals surface area (Å²) in [5.41, 5.74) is 3.05. The first-order valence-electron chi connectivity index (χ1n) is 13.4. The van der Waals surface area contributed by atoms with Crippen LogP contribution in [0.25, 0.3) is 0 Å². The normalized spacial score (nSPS) is 12.6. The standard InChI is InChI=1S/C35H35NO4/c1-35(2,3)40-34(38)33(36-32(27-16-10-6-11-17-27)28-18-12-7-13-19-28)30(25-14-8-5-9-15-25)24-31(37)26-20-22-29(39-4)23-21-26/h5-23,30,33H,24H2,1-4H3/t30-,33+/m0/s1. The third kappa shape index (κ3) is 7.54. The lowest BCUT2D eigenvalue weighted by atomic mass is 9.85. The number of rotatable bonds is 10. The summed E-state index contributed by atoms with van der Waals surface area (Å²) in [5.74, 6) is -0.467. The van der Waals surface area contributed by atoms with Gasteiger partial charge in [-0.15, -0.1) is 0 Å². The molecule has 4 aromatic rings. The lowest BCUT2D eigenvalue weighted by Gasteiger charge is -2.28. The molecule has 0 N–H and O–H groups in total. The molecule has 0 aromatic heterocycles. The molecule has 0 saturated carbocycles. The second-order valence-corrected chi connectivity index (χ2v) is 10.6. The maximum atomic E-state index is 13.9. The van der Waals surface area contributed by atoms with Crippen LogP contribution in [0, 0.1) is 0 Å². The minimum Gasteiger partial charge on any atom is -0.497 e. The van der Waals surface area contributed by atoms with Crippen molar-refractivity contribution in [2.24, 2.45) is 4.99 Å². The number of hydrogen-bond donors (Lipinski definition) is 0. The zero-order valence-electron chi connectivity index (χ0n) is 23.4. The fourth-order valence-electron chi connectivity index (χ4n) is 4.52. The average molecular weight is 534 g/mol. The number of ketones is 1. The Kier molecular flexibility index (Phi) is 9.28. The van der Waals surface area contributed by atoms with E-state index in [-0.39, 0.29) is 12.2 Å². The van der Waals surface area contributed by atoms with Crippen molar-refractivity contribution in [1.82, 2.24) is 0 Å². The Hall–Kier alpha value is -4.51. The van der Waals surface area contributed by atoms with Crippen LogP contribution in [0.1, 0.15) is 60.2 Å². The van der Waals surface area contributed by atoms with Crippen molar-refractivity contribution in [3.63, 3.8) is 0 Å². The third-order valence-electron chi connectivity index (χ3n) is 6.44. The maximum absolute atomic E-state index is 13.9. The van der Waals surface area contributed by atoms with Gasteiger partial charge in [0.05, 0.1) is 12.8 Å². The molecule has 0 aliphatic carbocycles. The summed E-state index contributed by atoms with van der Waals surface area (Å²) in [5, 5.41) is 0. The highest BCUT2D eigenvalue weighted by Crippen LogP contribution is 2.31. The summed E-state index contributed by atoms with van der Waals surface area (Å²) in [6.07, 6.45) is 0.0701. The van der Waals surface area contributed by atoms with E-state index in [1.807, 2.05) is 112 Å². The van der Waals surface area contributed by atoms with E-state index >= 15 is 0 Å². The molecule has 0 spiro atoms. The highest BCUT2D eigenvalue weighted by Gasteiger charge is 2.35. The van der Waals surface area contributed by atoms with Crippen molar-refractivity contribution in [1.29, 1.82) is 0 Å². The SMILES string of the molecule is COc1ccc(C(=O)C[C@@H](c2ccccc2)[C@@H](N=C(c2ccccc2)c2ccccc2)C(=O)OC(C)(C)C)cc1. The molecule has 4 aromatic carbocycles. The second kappa shape index (κ2) is 13.0. The lowest BCUT2D eigenvalue weighted by Crippen LogP contribution is -2.36. The summed E-state index contributed by atoms with van der Waals surface area (Å²) in [6.45, 7) is 5.50. The van der Waals surface area contributed by atoms with E-state index in [1.165, 1.54) is 0 Å². The van der Waals surface area contributed by atoms with Crippen LogP contribution in [0.5, 0.6) is 5.75 Å². The van der Waals surface area contributed by atoms with E-state index in [0.29, 0.717) is 17.0 Å². The van der Waals surface area contributed by atoms with Crippen LogP contribution in [0.15, 0.2) is 120 Å². The molecule has 0 aliphatic heterocycles. The molecule has 0 saturated heterocycles. The van der Waals surface area contributed by atoms with E-state index < -0.39 is 23.5 Å². The van der Waals surface area contributed by atoms with Gasteiger partial charge < -0.3 is 9.47 Å². The smallest absolute Gasteiger partial charge is 0.332 e. The molecule has 0 amide bonds. The van der Waals surface area contributed by atoms with Crippen LogP contribution in [0.3, 0.4) is 0 Å². The van der Waals surface area contributed by atoms with E-state index in [2.05, 4.69) is 0 Å². The van der Waals surface area contributed by atoms with Crippen molar-refractivity contribution in [2.75, 3.05) is 7.11 Å². The van der Waals surface area contributed by atoms with Gasteiger partial charge in [-0.2, -0.15) is 0 Å². The van der Waals surface area contributed by atoms with Crippen LogP contribution in [0.4, 0.5) is 0 Å². The predicted octanol–water partition coefficient (Wildman–Crippen LogP) is 7.30. The maximum Gasteiger partial charge on any atom is 0.332 e. The van der Waals surface area contributed by atoms with Crippen LogP contribution in [-0.4, -0.2) is 36.2 Å². The van der Waals surface area contributed by atoms with Crippen LogP contribution in [-0.2, 0) is 9.53 Å². The van der Waals surface area contributed by atoms with E-state index in [1.54, 1.807) is 31.4 Å². The largest absolute Gasteiger partial charge is 0.497 e. The number of benzene rings is 4. The Morgan fingerprint density at radius 2 is 1.20 bits per heavy atom. The Morgan fingerprint density at radius 1 is 0.700 bits per heavy atom. The van der Waals surface area contributed by atoms with Crippen molar-refractivity contribution < 1.29 is 19.1 Å². The van der Waals surface area contributed by atoms with Gasteiger partial charge in [-0.25, -0.2) is 4.79 Å². The molecule has 0 fully saturated rings. The number of esters is 1. The first-order chi connectivity index (χ1) is 19.2. The van der Waals surface area contributed by atoms with Gasteiger partial charge in [0.25, 0.3) is 0 Å². The predicted molar refractivity (Wildman–Crippen MR) is 159 cm³/mol. The van der Waals surface area contributed by atoms with Crippen LogP contribution in [0.2, 0.25) is 0 Å². The molecule has 0 bridgehead atoms. The molecule has 2 atom stereocenters. The van der Waals surface area contributed by atoms with Crippen molar-refractivity contribution in [3.8, 4) is 5.75 Å². The monoisotopic (exact) mass is 533 g/mol. The molecule has 4 rings (SSSR count).